The highest BCUT2D eigenvalue weighted by Gasteiger charge is 2.14. The minimum atomic E-state index is -1.17. The molecule has 66 valence electrons. The first kappa shape index (κ1) is 8.86. The van der Waals surface area contributed by atoms with Crippen LogP contribution in [0.2, 0.25) is 0 Å². The molecule has 0 saturated carbocycles. The fourth-order valence-electron chi connectivity index (χ4n) is 0.930. The van der Waals surface area contributed by atoms with E-state index in [0.717, 1.165) is 0 Å². The van der Waals surface area contributed by atoms with Crippen molar-refractivity contribution in [3.8, 4) is 0 Å². The zero-order valence-corrected chi connectivity index (χ0v) is 7.01. The van der Waals surface area contributed by atoms with Crippen LogP contribution in [0, 0.1) is 0 Å². The lowest BCUT2D eigenvalue weighted by atomic mass is 10.3. The van der Waals surface area contributed by atoms with Crippen LogP contribution in [0.15, 0.2) is 6.33 Å². The Morgan fingerprint density at radius 3 is 2.83 bits per heavy atom. The number of rotatable bonds is 3. The number of aldehydes is 1. The van der Waals surface area contributed by atoms with Crippen molar-refractivity contribution in [1.82, 2.24) is 14.8 Å². The smallest absolute Gasteiger partial charge is 0.168 e. The highest BCUT2D eigenvalue weighted by molar-refractivity contribution is 5.57. The molecule has 0 aliphatic carbocycles. The molecular formula is C7H11N3O2. The minimum Gasteiger partial charge on any atom is -0.378 e. The molecule has 0 aliphatic rings. The predicted molar refractivity (Wildman–Crippen MR) is 41.4 cm³/mol. The summed E-state index contributed by atoms with van der Waals surface area (Å²) in [6.45, 7) is 3.80. The van der Waals surface area contributed by atoms with Crippen molar-refractivity contribution < 1.29 is 9.90 Å². The fraction of sp³-hybridized carbons (Fsp3) is 0.571. The van der Waals surface area contributed by atoms with E-state index in [-0.39, 0.29) is 6.04 Å². The van der Waals surface area contributed by atoms with E-state index in [0.29, 0.717) is 12.1 Å². The third kappa shape index (κ3) is 1.50. The third-order valence-corrected chi connectivity index (χ3v) is 1.48. The van der Waals surface area contributed by atoms with E-state index < -0.39 is 6.10 Å². The third-order valence-electron chi connectivity index (χ3n) is 1.48. The first-order valence-electron chi connectivity index (χ1n) is 3.69. The van der Waals surface area contributed by atoms with Gasteiger partial charge in [0.25, 0.3) is 0 Å². The van der Waals surface area contributed by atoms with Gasteiger partial charge in [-0.2, -0.15) is 5.10 Å². The first-order chi connectivity index (χ1) is 5.66. The molecule has 1 N–H and O–H groups in total. The molecule has 1 heterocycles. The molecule has 0 radical (unpaired) electrons. The second-order valence-corrected chi connectivity index (χ2v) is 2.74. The molecule has 0 spiro atoms. The van der Waals surface area contributed by atoms with Crippen molar-refractivity contribution in [3.63, 3.8) is 0 Å². The minimum absolute atomic E-state index is 0.0945. The van der Waals surface area contributed by atoms with E-state index in [9.17, 15) is 4.79 Å². The van der Waals surface area contributed by atoms with E-state index in [4.69, 9.17) is 5.11 Å². The summed E-state index contributed by atoms with van der Waals surface area (Å²) in [6.07, 6.45) is 0.584. The van der Waals surface area contributed by atoms with E-state index in [1.807, 2.05) is 13.8 Å². The molecule has 0 fully saturated rings. The van der Waals surface area contributed by atoms with Gasteiger partial charge in [-0.3, -0.25) is 4.79 Å². The van der Waals surface area contributed by atoms with Crippen molar-refractivity contribution in [2.45, 2.75) is 26.0 Å². The second-order valence-electron chi connectivity index (χ2n) is 2.74. The molecule has 0 amide bonds. The van der Waals surface area contributed by atoms with E-state index in [2.05, 4.69) is 10.1 Å². The average molecular weight is 169 g/mol. The summed E-state index contributed by atoms with van der Waals surface area (Å²) in [6, 6.07) is 0.0945. The van der Waals surface area contributed by atoms with Crippen LogP contribution in [-0.4, -0.2) is 26.2 Å². The number of carbonyl (C=O) groups is 1. The number of aromatic nitrogens is 3. The lowest BCUT2D eigenvalue weighted by Gasteiger charge is -2.09. The van der Waals surface area contributed by atoms with Gasteiger partial charge in [-0.05, 0) is 13.8 Å². The van der Waals surface area contributed by atoms with E-state index >= 15 is 0 Å². The number of hydrogen-bond donors (Lipinski definition) is 1. The number of hydrogen-bond acceptors (Lipinski definition) is 4. The Hall–Kier alpha value is -1.23. The maximum Gasteiger partial charge on any atom is 0.168 e. The Kier molecular flexibility index (Phi) is 2.54. The monoisotopic (exact) mass is 169 g/mol. The molecule has 0 aromatic carbocycles. The summed E-state index contributed by atoms with van der Waals surface area (Å²) < 4.78 is 1.51. The second kappa shape index (κ2) is 3.44. The zero-order valence-electron chi connectivity index (χ0n) is 7.01. The van der Waals surface area contributed by atoms with Gasteiger partial charge in [-0.25, -0.2) is 9.67 Å². The van der Waals surface area contributed by atoms with Gasteiger partial charge in [0.1, 0.15) is 6.33 Å². The molecule has 1 unspecified atom stereocenters. The molecule has 1 rings (SSSR count). The highest BCUT2D eigenvalue weighted by Crippen LogP contribution is 2.11. The molecular weight excluding hydrogens is 158 g/mol. The van der Waals surface area contributed by atoms with E-state index in [1.165, 1.54) is 11.0 Å². The maximum atomic E-state index is 10.2. The topological polar surface area (TPSA) is 68.0 Å². The molecule has 12 heavy (non-hydrogen) atoms. The summed E-state index contributed by atoms with van der Waals surface area (Å²) in [5.74, 6) is 0.292. The molecule has 0 saturated heterocycles. The van der Waals surface area contributed by atoms with Gasteiger partial charge < -0.3 is 5.11 Å². The van der Waals surface area contributed by atoms with Crippen molar-refractivity contribution >= 4 is 6.29 Å². The van der Waals surface area contributed by atoms with Gasteiger partial charge in [0.2, 0.25) is 0 Å². The normalized spacial score (nSPS) is 13.3. The molecule has 5 nitrogen and oxygen atoms in total. The summed E-state index contributed by atoms with van der Waals surface area (Å²) in [5.41, 5.74) is 0. The number of carbonyl (C=O) groups excluding carboxylic acids is 1. The van der Waals surface area contributed by atoms with Crippen LogP contribution in [0.4, 0.5) is 0 Å². The van der Waals surface area contributed by atoms with Crippen LogP contribution in [0.5, 0.6) is 0 Å². The largest absolute Gasteiger partial charge is 0.378 e. The van der Waals surface area contributed by atoms with Gasteiger partial charge >= 0.3 is 0 Å². The van der Waals surface area contributed by atoms with Crippen LogP contribution in [-0.2, 0) is 4.79 Å². The van der Waals surface area contributed by atoms with Crippen molar-refractivity contribution in [2.75, 3.05) is 0 Å². The fourth-order valence-corrected chi connectivity index (χ4v) is 0.930. The molecule has 0 aliphatic heterocycles. The summed E-state index contributed by atoms with van der Waals surface area (Å²) in [7, 11) is 0. The van der Waals surface area contributed by atoms with Crippen LogP contribution in [0.3, 0.4) is 0 Å². The van der Waals surface area contributed by atoms with E-state index in [1.54, 1.807) is 0 Å². The van der Waals surface area contributed by atoms with Crippen LogP contribution in [0.25, 0.3) is 0 Å². The standard InChI is InChI=1S/C7H11N3O2/c1-5(2)10-7(6(12)3-11)8-4-9-10/h3-6,12H,1-2H3. The Morgan fingerprint density at radius 1 is 1.67 bits per heavy atom. The van der Waals surface area contributed by atoms with Gasteiger partial charge in [0, 0.05) is 6.04 Å². The predicted octanol–water partition coefficient (Wildman–Crippen LogP) is 0.0913. The molecule has 1 atom stereocenters. The summed E-state index contributed by atoms with van der Waals surface area (Å²) in [5, 5.41) is 13.0. The Labute approximate surface area is 70.0 Å². The van der Waals surface area contributed by atoms with Crippen molar-refractivity contribution in [2.24, 2.45) is 0 Å². The lowest BCUT2D eigenvalue weighted by molar-refractivity contribution is -0.115. The number of nitrogens with zero attached hydrogens (tertiary/aromatic N) is 3. The quantitative estimate of drug-likeness (QED) is 0.651. The average Bonchev–Trinajstić information content (AvgIpc) is 2.50. The van der Waals surface area contributed by atoms with Crippen LogP contribution in [0.1, 0.15) is 31.8 Å². The number of aliphatic hydroxyl groups is 1. The van der Waals surface area contributed by atoms with Gasteiger partial charge in [-0.1, -0.05) is 0 Å². The van der Waals surface area contributed by atoms with Crippen molar-refractivity contribution in [3.05, 3.63) is 12.2 Å². The molecule has 0 bridgehead atoms. The highest BCUT2D eigenvalue weighted by atomic mass is 16.3. The Balaban J connectivity index is 2.98. The summed E-state index contributed by atoms with van der Waals surface area (Å²) in [4.78, 5) is 14.0. The zero-order chi connectivity index (χ0) is 9.14. The lowest BCUT2D eigenvalue weighted by Crippen LogP contribution is -2.12. The number of aliphatic hydroxyl groups excluding tert-OH is 1. The maximum absolute atomic E-state index is 10.2. The summed E-state index contributed by atoms with van der Waals surface area (Å²) >= 11 is 0. The molecule has 1 aromatic rings. The van der Waals surface area contributed by atoms with Gasteiger partial charge in [0.15, 0.2) is 18.2 Å². The van der Waals surface area contributed by atoms with Gasteiger partial charge in [-0.15, -0.1) is 0 Å². The Morgan fingerprint density at radius 2 is 2.33 bits per heavy atom. The van der Waals surface area contributed by atoms with Crippen molar-refractivity contribution in [1.29, 1.82) is 0 Å². The Bertz CT molecular complexity index is 269. The SMILES string of the molecule is CC(C)n1ncnc1C(O)C=O. The van der Waals surface area contributed by atoms with Crippen LogP contribution >= 0.6 is 0 Å². The molecule has 5 heteroatoms. The van der Waals surface area contributed by atoms with Gasteiger partial charge in [0.05, 0.1) is 0 Å². The first-order valence-corrected chi connectivity index (χ1v) is 3.69. The molecule has 1 aromatic heterocycles. The van der Waals surface area contributed by atoms with Crippen LogP contribution < -0.4 is 0 Å².